The number of hydrogen-bond acceptors (Lipinski definition) is 4. The Kier molecular flexibility index (Phi) is 6.66. The summed E-state index contributed by atoms with van der Waals surface area (Å²) in [6.45, 7) is 3.16. The highest BCUT2D eigenvalue weighted by Gasteiger charge is 2.30. The maximum absolute atomic E-state index is 12.0. The molecule has 0 bridgehead atoms. The number of ether oxygens (including phenoxy) is 2. The summed E-state index contributed by atoms with van der Waals surface area (Å²) in [5.74, 6) is 0.171. The van der Waals surface area contributed by atoms with Crippen molar-refractivity contribution in [3.8, 4) is 0 Å². The molecule has 5 heteroatoms. The van der Waals surface area contributed by atoms with Gasteiger partial charge in [-0.2, -0.15) is 0 Å². The molecule has 0 aliphatic carbocycles. The monoisotopic (exact) mass is 292 g/mol. The summed E-state index contributed by atoms with van der Waals surface area (Å²) in [7, 11) is 1.67. The first-order valence-electron chi connectivity index (χ1n) is 7.47. The van der Waals surface area contributed by atoms with E-state index in [0.717, 1.165) is 31.6 Å². The summed E-state index contributed by atoms with van der Waals surface area (Å²) in [6, 6.07) is 10.1. The molecule has 1 amide bonds. The second kappa shape index (κ2) is 8.77. The molecule has 1 aromatic carbocycles. The number of hydrogen-bond donors (Lipinski definition) is 1. The van der Waals surface area contributed by atoms with E-state index in [9.17, 15) is 4.79 Å². The molecule has 0 saturated carbocycles. The van der Waals surface area contributed by atoms with E-state index in [4.69, 9.17) is 9.47 Å². The average Bonchev–Trinajstić information content (AvgIpc) is 2.88. The lowest BCUT2D eigenvalue weighted by Gasteiger charge is -2.24. The lowest BCUT2D eigenvalue weighted by Crippen LogP contribution is -2.31. The highest BCUT2D eigenvalue weighted by Crippen LogP contribution is 2.22. The number of amides is 1. The molecule has 1 aliphatic rings. The lowest BCUT2D eigenvalue weighted by molar-refractivity contribution is -0.128. The number of carbonyl (C=O) groups excluding carboxylic acids is 1. The SMILES string of the molecule is COCCOCCCCN1C(=O)CNC1c1ccccc1. The molecule has 1 saturated heterocycles. The largest absolute Gasteiger partial charge is 0.382 e. The molecule has 21 heavy (non-hydrogen) atoms. The van der Waals surface area contributed by atoms with E-state index in [1.54, 1.807) is 7.11 Å². The van der Waals surface area contributed by atoms with Gasteiger partial charge in [-0.15, -0.1) is 0 Å². The van der Waals surface area contributed by atoms with Crippen LogP contribution in [0, 0.1) is 0 Å². The molecular weight excluding hydrogens is 268 g/mol. The number of carbonyl (C=O) groups is 1. The van der Waals surface area contributed by atoms with E-state index in [0.29, 0.717) is 19.8 Å². The van der Waals surface area contributed by atoms with Gasteiger partial charge in [-0.25, -0.2) is 0 Å². The normalized spacial score (nSPS) is 18.4. The van der Waals surface area contributed by atoms with Crippen LogP contribution in [0.2, 0.25) is 0 Å². The van der Waals surface area contributed by atoms with Gasteiger partial charge in [0.15, 0.2) is 0 Å². The summed E-state index contributed by atoms with van der Waals surface area (Å²) in [5, 5.41) is 3.27. The molecule has 1 heterocycles. The maximum Gasteiger partial charge on any atom is 0.238 e. The van der Waals surface area contributed by atoms with Crippen molar-refractivity contribution in [3.63, 3.8) is 0 Å². The number of unbranched alkanes of at least 4 members (excludes halogenated alkanes) is 1. The zero-order valence-corrected chi connectivity index (χ0v) is 12.6. The smallest absolute Gasteiger partial charge is 0.238 e. The molecule has 2 rings (SSSR count). The summed E-state index contributed by atoms with van der Waals surface area (Å²) in [6.07, 6.45) is 1.91. The Morgan fingerprint density at radius 3 is 2.76 bits per heavy atom. The Bertz CT molecular complexity index is 425. The molecular formula is C16H24N2O3. The van der Waals surface area contributed by atoms with Gasteiger partial charge in [-0.05, 0) is 18.4 Å². The van der Waals surface area contributed by atoms with Gasteiger partial charge in [0.1, 0.15) is 6.17 Å². The number of benzene rings is 1. The van der Waals surface area contributed by atoms with Crippen LogP contribution < -0.4 is 5.32 Å². The molecule has 1 fully saturated rings. The van der Waals surface area contributed by atoms with Crippen molar-refractivity contribution in [1.29, 1.82) is 0 Å². The molecule has 116 valence electrons. The molecule has 1 aliphatic heterocycles. The van der Waals surface area contributed by atoms with Crippen molar-refractivity contribution in [3.05, 3.63) is 35.9 Å². The minimum absolute atomic E-state index is 0.00751. The van der Waals surface area contributed by atoms with Crippen LogP contribution in [0.4, 0.5) is 0 Å². The molecule has 0 aromatic heterocycles. The first kappa shape index (κ1) is 15.9. The van der Waals surface area contributed by atoms with Gasteiger partial charge in [-0.1, -0.05) is 30.3 Å². The Hall–Kier alpha value is -1.43. The van der Waals surface area contributed by atoms with Gasteiger partial charge < -0.3 is 14.4 Å². The average molecular weight is 292 g/mol. The first-order valence-corrected chi connectivity index (χ1v) is 7.47. The number of methoxy groups -OCH3 is 1. The fourth-order valence-corrected chi connectivity index (χ4v) is 2.46. The predicted octanol–water partition coefficient (Wildman–Crippen LogP) is 1.56. The van der Waals surface area contributed by atoms with E-state index in [2.05, 4.69) is 17.4 Å². The molecule has 1 atom stereocenters. The van der Waals surface area contributed by atoms with E-state index in [1.165, 1.54) is 0 Å². The second-order valence-electron chi connectivity index (χ2n) is 5.09. The highest BCUT2D eigenvalue weighted by molar-refractivity contribution is 5.80. The molecule has 1 unspecified atom stereocenters. The van der Waals surface area contributed by atoms with Crippen molar-refractivity contribution in [2.75, 3.05) is 40.0 Å². The molecule has 5 nitrogen and oxygen atoms in total. The van der Waals surface area contributed by atoms with Gasteiger partial charge in [0.2, 0.25) is 5.91 Å². The zero-order valence-electron chi connectivity index (χ0n) is 12.6. The quantitative estimate of drug-likeness (QED) is 0.702. The van der Waals surface area contributed by atoms with E-state index in [-0.39, 0.29) is 12.1 Å². The van der Waals surface area contributed by atoms with E-state index >= 15 is 0 Å². The first-order chi connectivity index (χ1) is 10.3. The van der Waals surface area contributed by atoms with Crippen LogP contribution >= 0.6 is 0 Å². The van der Waals surface area contributed by atoms with E-state index in [1.807, 2.05) is 23.1 Å². The highest BCUT2D eigenvalue weighted by atomic mass is 16.5. The molecule has 0 spiro atoms. The van der Waals surface area contributed by atoms with Crippen molar-refractivity contribution in [2.45, 2.75) is 19.0 Å². The molecule has 1 aromatic rings. The lowest BCUT2D eigenvalue weighted by atomic mass is 10.1. The molecule has 0 radical (unpaired) electrons. The van der Waals surface area contributed by atoms with Gasteiger partial charge in [-0.3, -0.25) is 10.1 Å². The Balaban J connectivity index is 1.74. The Morgan fingerprint density at radius 2 is 2.00 bits per heavy atom. The van der Waals surface area contributed by atoms with Gasteiger partial charge in [0, 0.05) is 20.3 Å². The standard InChI is InChI=1S/C16H24N2O3/c1-20-11-12-21-10-6-5-9-18-15(19)13-17-16(18)14-7-3-2-4-8-14/h2-4,7-8,16-17H,5-6,9-13H2,1H3. The van der Waals surface area contributed by atoms with Crippen LogP contribution in [0.1, 0.15) is 24.6 Å². The van der Waals surface area contributed by atoms with Crippen molar-refractivity contribution in [2.24, 2.45) is 0 Å². The van der Waals surface area contributed by atoms with E-state index < -0.39 is 0 Å². The molecule has 1 N–H and O–H groups in total. The third-order valence-corrected chi connectivity index (χ3v) is 3.56. The van der Waals surface area contributed by atoms with Crippen LogP contribution in [0.5, 0.6) is 0 Å². The number of nitrogens with zero attached hydrogens (tertiary/aromatic N) is 1. The summed E-state index contributed by atoms with van der Waals surface area (Å²) >= 11 is 0. The second-order valence-corrected chi connectivity index (χ2v) is 5.09. The maximum atomic E-state index is 12.0. The predicted molar refractivity (Wildman–Crippen MR) is 80.8 cm³/mol. The van der Waals surface area contributed by atoms with Gasteiger partial charge >= 0.3 is 0 Å². The summed E-state index contributed by atoms with van der Waals surface area (Å²) in [5.41, 5.74) is 1.14. The third kappa shape index (κ3) is 4.81. The fraction of sp³-hybridized carbons (Fsp3) is 0.562. The Labute approximate surface area is 126 Å². The topological polar surface area (TPSA) is 50.8 Å². The van der Waals surface area contributed by atoms with Gasteiger partial charge in [0.05, 0.1) is 19.8 Å². The number of nitrogens with one attached hydrogen (secondary N) is 1. The van der Waals surface area contributed by atoms with Gasteiger partial charge in [0.25, 0.3) is 0 Å². The fourth-order valence-electron chi connectivity index (χ4n) is 2.46. The van der Waals surface area contributed by atoms with Crippen molar-refractivity contribution < 1.29 is 14.3 Å². The van der Waals surface area contributed by atoms with Crippen molar-refractivity contribution in [1.82, 2.24) is 10.2 Å². The van der Waals surface area contributed by atoms with Crippen LogP contribution in [0.15, 0.2) is 30.3 Å². The summed E-state index contributed by atoms with van der Waals surface area (Å²) < 4.78 is 10.4. The number of rotatable bonds is 9. The van der Waals surface area contributed by atoms with Crippen LogP contribution in [-0.4, -0.2) is 50.8 Å². The van der Waals surface area contributed by atoms with Crippen LogP contribution in [0.3, 0.4) is 0 Å². The third-order valence-electron chi connectivity index (χ3n) is 3.56. The van der Waals surface area contributed by atoms with Crippen LogP contribution in [0.25, 0.3) is 0 Å². The van der Waals surface area contributed by atoms with Crippen LogP contribution in [-0.2, 0) is 14.3 Å². The minimum atomic E-state index is 0.00751. The summed E-state index contributed by atoms with van der Waals surface area (Å²) in [4.78, 5) is 13.9. The zero-order chi connectivity index (χ0) is 14.9. The van der Waals surface area contributed by atoms with Crippen molar-refractivity contribution >= 4 is 5.91 Å². The Morgan fingerprint density at radius 1 is 1.19 bits per heavy atom. The minimum Gasteiger partial charge on any atom is -0.382 e.